The van der Waals surface area contributed by atoms with E-state index in [1.165, 1.54) is 0 Å². The van der Waals surface area contributed by atoms with Crippen molar-refractivity contribution in [3.8, 4) is 11.8 Å². The number of benzene rings is 1. The predicted octanol–water partition coefficient (Wildman–Crippen LogP) is 0.481. The van der Waals surface area contributed by atoms with Crippen LogP contribution in [0.15, 0.2) is 18.2 Å². The van der Waals surface area contributed by atoms with Gasteiger partial charge in [-0.3, -0.25) is 4.79 Å². The van der Waals surface area contributed by atoms with E-state index in [4.69, 9.17) is 15.1 Å². The molecule has 2 atom stereocenters. The molecule has 3 aliphatic rings. The van der Waals surface area contributed by atoms with Gasteiger partial charge in [-0.25, -0.2) is 4.79 Å². The molecule has 8 nitrogen and oxygen atoms in total. The number of hydrogen-bond donors (Lipinski definition) is 2. The first-order valence-corrected chi connectivity index (χ1v) is 8.26. The van der Waals surface area contributed by atoms with E-state index >= 15 is 0 Å². The lowest BCUT2D eigenvalue weighted by Gasteiger charge is -2.31. The molecule has 1 saturated heterocycles. The third-order valence-electron chi connectivity index (χ3n) is 5.23. The number of amides is 2. The summed E-state index contributed by atoms with van der Waals surface area (Å²) in [6.07, 6.45) is -0.963. The number of piperidine rings is 1. The molecule has 8 heteroatoms. The van der Waals surface area contributed by atoms with Gasteiger partial charge in [0.1, 0.15) is 5.75 Å². The van der Waals surface area contributed by atoms with Crippen LogP contribution in [-0.2, 0) is 4.79 Å². The molecule has 0 spiro atoms. The fraction of sp³-hybridized carbons (Fsp3) is 0.471. The summed E-state index contributed by atoms with van der Waals surface area (Å²) in [5, 5.41) is 20.4. The average molecular weight is 342 g/mol. The van der Waals surface area contributed by atoms with Gasteiger partial charge in [0.25, 0.3) is 5.91 Å². The summed E-state index contributed by atoms with van der Waals surface area (Å²) in [6.45, 7) is 2.95. The molecule has 130 valence electrons. The van der Waals surface area contributed by atoms with Crippen LogP contribution in [0.3, 0.4) is 0 Å². The van der Waals surface area contributed by atoms with Crippen LogP contribution in [0.25, 0.3) is 0 Å². The van der Waals surface area contributed by atoms with E-state index in [1.54, 1.807) is 23.1 Å². The van der Waals surface area contributed by atoms with Crippen LogP contribution in [0.1, 0.15) is 5.56 Å². The topological polar surface area (TPSA) is 106 Å². The quantitative estimate of drug-likeness (QED) is 0.824. The third kappa shape index (κ3) is 2.87. The van der Waals surface area contributed by atoms with Gasteiger partial charge in [-0.1, -0.05) is 0 Å². The second kappa shape index (κ2) is 5.93. The van der Waals surface area contributed by atoms with Gasteiger partial charge in [-0.2, -0.15) is 5.26 Å². The van der Waals surface area contributed by atoms with Crippen LogP contribution in [0.5, 0.6) is 5.75 Å². The molecular weight excluding hydrogens is 324 g/mol. The fourth-order valence-electron chi connectivity index (χ4n) is 3.91. The molecule has 1 aromatic carbocycles. The number of hydrogen-bond acceptors (Lipinski definition) is 5. The average Bonchev–Trinajstić information content (AvgIpc) is 3.04. The Morgan fingerprint density at radius 3 is 2.80 bits per heavy atom. The highest BCUT2D eigenvalue weighted by molar-refractivity contribution is 5.98. The molecule has 2 amide bonds. The van der Waals surface area contributed by atoms with Gasteiger partial charge < -0.3 is 25.0 Å². The first-order chi connectivity index (χ1) is 12.1. The normalized spacial score (nSPS) is 27.1. The lowest BCUT2D eigenvalue weighted by atomic mass is 10.1. The van der Waals surface area contributed by atoms with Crippen LogP contribution < -0.4 is 15.0 Å². The summed E-state index contributed by atoms with van der Waals surface area (Å²) < 4.78 is 5.43. The van der Waals surface area contributed by atoms with Crippen LogP contribution in [0.2, 0.25) is 0 Å². The van der Waals surface area contributed by atoms with Gasteiger partial charge in [0.05, 0.1) is 17.3 Å². The highest BCUT2D eigenvalue weighted by Gasteiger charge is 2.56. The summed E-state index contributed by atoms with van der Waals surface area (Å²) in [5.74, 6) is 1.27. The van der Waals surface area contributed by atoms with E-state index in [0.717, 1.165) is 19.6 Å². The van der Waals surface area contributed by atoms with Crippen LogP contribution in [-0.4, -0.2) is 60.8 Å². The Hall–Kier alpha value is -2.79. The number of fused-ring (bicyclic) bond motifs is 2. The Balaban J connectivity index is 1.37. The molecule has 4 rings (SSSR count). The van der Waals surface area contributed by atoms with Crippen LogP contribution in [0, 0.1) is 23.2 Å². The minimum Gasteiger partial charge on any atom is -0.482 e. The van der Waals surface area contributed by atoms with E-state index in [1.807, 2.05) is 0 Å². The van der Waals surface area contributed by atoms with Crippen molar-refractivity contribution in [1.82, 2.24) is 10.2 Å². The maximum Gasteiger partial charge on any atom is 0.404 e. The summed E-state index contributed by atoms with van der Waals surface area (Å²) in [4.78, 5) is 26.9. The van der Waals surface area contributed by atoms with Gasteiger partial charge in [-0.15, -0.1) is 0 Å². The van der Waals surface area contributed by atoms with Gasteiger partial charge in [0.2, 0.25) is 0 Å². The fourth-order valence-corrected chi connectivity index (χ4v) is 3.91. The van der Waals surface area contributed by atoms with E-state index in [0.29, 0.717) is 35.4 Å². The highest BCUT2D eigenvalue weighted by atomic mass is 16.5. The number of nitriles is 1. The summed E-state index contributed by atoms with van der Waals surface area (Å²) in [7, 11) is 0. The largest absolute Gasteiger partial charge is 0.482 e. The maximum absolute atomic E-state index is 12.2. The Labute approximate surface area is 144 Å². The zero-order chi connectivity index (χ0) is 17.6. The van der Waals surface area contributed by atoms with Crippen LogP contribution in [0.4, 0.5) is 10.5 Å². The van der Waals surface area contributed by atoms with Crippen molar-refractivity contribution in [3.63, 3.8) is 0 Å². The third-order valence-corrected chi connectivity index (χ3v) is 5.23. The number of carbonyl (C=O) groups is 2. The van der Waals surface area contributed by atoms with Crippen molar-refractivity contribution in [2.24, 2.45) is 11.8 Å². The van der Waals surface area contributed by atoms with Crippen molar-refractivity contribution >= 4 is 17.7 Å². The second-order valence-corrected chi connectivity index (χ2v) is 6.69. The van der Waals surface area contributed by atoms with E-state index < -0.39 is 6.09 Å². The second-order valence-electron chi connectivity index (χ2n) is 6.69. The van der Waals surface area contributed by atoms with E-state index in [-0.39, 0.29) is 18.6 Å². The van der Waals surface area contributed by atoms with Crippen LogP contribution >= 0.6 is 0 Å². The molecule has 25 heavy (non-hydrogen) atoms. The van der Waals surface area contributed by atoms with Crippen molar-refractivity contribution in [2.75, 3.05) is 37.7 Å². The first kappa shape index (κ1) is 15.7. The summed E-state index contributed by atoms with van der Waals surface area (Å²) >= 11 is 0. The van der Waals surface area contributed by atoms with Crippen molar-refractivity contribution in [1.29, 1.82) is 5.26 Å². The Morgan fingerprint density at radius 1 is 1.36 bits per heavy atom. The molecule has 0 bridgehead atoms. The summed E-state index contributed by atoms with van der Waals surface area (Å²) in [5.41, 5.74) is 1.14. The minimum absolute atomic E-state index is 0.00869. The van der Waals surface area contributed by atoms with E-state index in [2.05, 4.69) is 16.3 Å². The molecule has 2 aliphatic heterocycles. The number of carboxylic acid groups (broad SMARTS) is 1. The number of nitrogens with zero attached hydrogens (tertiary/aromatic N) is 3. The van der Waals surface area contributed by atoms with Gasteiger partial charge in [0.15, 0.2) is 6.61 Å². The molecule has 2 fully saturated rings. The zero-order valence-corrected chi connectivity index (χ0v) is 13.5. The highest BCUT2D eigenvalue weighted by Crippen LogP contribution is 2.45. The Bertz CT molecular complexity index is 762. The van der Waals surface area contributed by atoms with Crippen molar-refractivity contribution < 1.29 is 19.4 Å². The monoisotopic (exact) mass is 342 g/mol. The van der Waals surface area contributed by atoms with E-state index in [9.17, 15) is 9.59 Å². The molecule has 2 unspecified atom stereocenters. The molecule has 1 aromatic rings. The lowest BCUT2D eigenvalue weighted by molar-refractivity contribution is -0.121. The number of anilines is 1. The van der Waals surface area contributed by atoms with Crippen molar-refractivity contribution in [2.45, 2.75) is 6.04 Å². The zero-order valence-electron chi connectivity index (χ0n) is 13.5. The van der Waals surface area contributed by atoms with Gasteiger partial charge in [0, 0.05) is 32.2 Å². The minimum atomic E-state index is -0.963. The predicted molar refractivity (Wildman–Crippen MR) is 87.4 cm³/mol. The number of likely N-dealkylation sites (tertiary alicyclic amines) is 1. The standard InChI is InChI=1S/C17H18N4O4/c18-6-10-1-2-14-13(5-10)21(15(22)9-25-14)4-3-20-7-11-12(8-20)16(11)19-17(23)24/h1-2,5,11-12,16,19H,3-4,7-9H2,(H,23,24). The molecule has 2 N–H and O–H groups in total. The SMILES string of the molecule is N#Cc1ccc2c(c1)N(CCN1CC3C(C1)C3NC(=O)O)C(=O)CO2. The maximum atomic E-state index is 12.2. The summed E-state index contributed by atoms with van der Waals surface area (Å²) in [6, 6.07) is 7.24. The van der Waals surface area contributed by atoms with Gasteiger partial charge >= 0.3 is 6.09 Å². The molecule has 1 saturated carbocycles. The molecule has 0 radical (unpaired) electrons. The van der Waals surface area contributed by atoms with Gasteiger partial charge in [-0.05, 0) is 30.0 Å². The Morgan fingerprint density at radius 2 is 2.12 bits per heavy atom. The Kier molecular flexibility index (Phi) is 3.73. The lowest BCUT2D eigenvalue weighted by Crippen LogP contribution is -2.44. The first-order valence-electron chi connectivity index (χ1n) is 8.26. The molecule has 2 heterocycles. The molecule has 1 aliphatic carbocycles. The number of carbonyl (C=O) groups excluding carboxylic acids is 1. The van der Waals surface area contributed by atoms with Crippen molar-refractivity contribution in [3.05, 3.63) is 23.8 Å². The molecular formula is C17H18N4O4. The smallest absolute Gasteiger partial charge is 0.404 e. The number of nitrogens with one attached hydrogen (secondary N) is 1. The number of ether oxygens (including phenoxy) is 1. The molecule has 0 aromatic heterocycles. The number of rotatable bonds is 4.